The number of carbonyl (C=O) groups excluding carboxylic acids is 2. The number of rotatable bonds is 4. The lowest BCUT2D eigenvalue weighted by Crippen LogP contribution is -2.14. The van der Waals surface area contributed by atoms with Crippen LogP contribution in [0.4, 0.5) is 10.5 Å². The van der Waals surface area contributed by atoms with Gasteiger partial charge in [0.15, 0.2) is 5.75 Å². The van der Waals surface area contributed by atoms with Crippen LogP contribution in [0.1, 0.15) is 10.4 Å². The van der Waals surface area contributed by atoms with E-state index < -0.39 is 12.1 Å². The fraction of sp³-hybridized carbons (Fsp3) is 0.167. The average molecular weight is 251 g/mol. The standard InChI is InChI=1S/C12H13NO5/c1-3-6-17-12(15)18-10-7-8(13)4-5-9(10)11(14)16-2/h3-5,7H,1,6,13H2,2H3. The van der Waals surface area contributed by atoms with Gasteiger partial charge in [-0.15, -0.1) is 0 Å². The summed E-state index contributed by atoms with van der Waals surface area (Å²) in [5.74, 6) is -0.655. The van der Waals surface area contributed by atoms with Gasteiger partial charge in [-0.25, -0.2) is 9.59 Å². The number of esters is 1. The Bertz CT molecular complexity index is 470. The Balaban J connectivity index is 2.91. The Morgan fingerprint density at radius 3 is 2.78 bits per heavy atom. The summed E-state index contributed by atoms with van der Waals surface area (Å²) in [5.41, 5.74) is 5.97. The van der Waals surface area contributed by atoms with E-state index in [1.807, 2.05) is 0 Å². The normalized spacial score (nSPS) is 9.39. The number of benzene rings is 1. The number of hydrogen-bond donors (Lipinski definition) is 1. The Hall–Kier alpha value is -2.50. The van der Waals surface area contributed by atoms with E-state index in [9.17, 15) is 9.59 Å². The molecule has 0 radical (unpaired) electrons. The zero-order valence-corrected chi connectivity index (χ0v) is 9.84. The maximum atomic E-state index is 11.4. The monoisotopic (exact) mass is 251 g/mol. The molecule has 0 aliphatic heterocycles. The third kappa shape index (κ3) is 3.51. The maximum absolute atomic E-state index is 11.4. The van der Waals surface area contributed by atoms with Gasteiger partial charge in [0.25, 0.3) is 0 Å². The van der Waals surface area contributed by atoms with Gasteiger partial charge in [-0.2, -0.15) is 0 Å². The van der Waals surface area contributed by atoms with Crippen molar-refractivity contribution in [1.29, 1.82) is 0 Å². The van der Waals surface area contributed by atoms with Crippen LogP contribution in [0.2, 0.25) is 0 Å². The molecule has 0 bridgehead atoms. The van der Waals surface area contributed by atoms with Crippen LogP contribution in [-0.2, 0) is 9.47 Å². The topological polar surface area (TPSA) is 87.9 Å². The van der Waals surface area contributed by atoms with Crippen molar-refractivity contribution in [3.05, 3.63) is 36.4 Å². The van der Waals surface area contributed by atoms with Gasteiger partial charge in [-0.3, -0.25) is 0 Å². The lowest BCUT2D eigenvalue weighted by molar-refractivity contribution is 0.0595. The lowest BCUT2D eigenvalue weighted by atomic mass is 10.2. The highest BCUT2D eigenvalue weighted by Crippen LogP contribution is 2.23. The van der Waals surface area contributed by atoms with Crippen molar-refractivity contribution in [3.63, 3.8) is 0 Å². The number of ether oxygens (including phenoxy) is 3. The minimum Gasteiger partial charge on any atom is -0.465 e. The maximum Gasteiger partial charge on any atom is 0.514 e. The molecule has 6 nitrogen and oxygen atoms in total. The third-order valence-electron chi connectivity index (χ3n) is 1.92. The molecule has 1 aromatic rings. The smallest absolute Gasteiger partial charge is 0.465 e. The highest BCUT2D eigenvalue weighted by molar-refractivity contribution is 5.93. The summed E-state index contributed by atoms with van der Waals surface area (Å²) >= 11 is 0. The van der Waals surface area contributed by atoms with Crippen molar-refractivity contribution in [2.24, 2.45) is 0 Å². The molecule has 1 aromatic carbocycles. The molecule has 0 atom stereocenters. The molecule has 18 heavy (non-hydrogen) atoms. The fourth-order valence-electron chi connectivity index (χ4n) is 1.15. The van der Waals surface area contributed by atoms with Crippen LogP contribution in [0.3, 0.4) is 0 Å². The first-order valence-corrected chi connectivity index (χ1v) is 5.01. The minimum atomic E-state index is -0.953. The van der Waals surface area contributed by atoms with Gasteiger partial charge in [0.2, 0.25) is 0 Å². The second-order valence-electron chi connectivity index (χ2n) is 3.20. The summed E-state index contributed by atoms with van der Waals surface area (Å²) < 4.78 is 14.0. The van der Waals surface area contributed by atoms with Gasteiger partial charge in [-0.05, 0) is 12.1 Å². The zero-order valence-electron chi connectivity index (χ0n) is 9.84. The first-order chi connectivity index (χ1) is 8.58. The van der Waals surface area contributed by atoms with Crippen LogP contribution < -0.4 is 10.5 Å². The fourth-order valence-corrected chi connectivity index (χ4v) is 1.15. The molecule has 2 N–H and O–H groups in total. The van der Waals surface area contributed by atoms with Gasteiger partial charge in [-0.1, -0.05) is 12.7 Å². The third-order valence-corrected chi connectivity index (χ3v) is 1.92. The Morgan fingerprint density at radius 1 is 1.44 bits per heavy atom. The predicted molar refractivity (Wildman–Crippen MR) is 64.4 cm³/mol. The van der Waals surface area contributed by atoms with Gasteiger partial charge in [0, 0.05) is 11.8 Å². The quantitative estimate of drug-likeness (QED) is 0.379. The molecule has 0 heterocycles. The second kappa shape index (κ2) is 6.29. The molecule has 0 spiro atoms. The first kappa shape index (κ1) is 13.6. The number of anilines is 1. The van der Waals surface area contributed by atoms with Crippen molar-refractivity contribution >= 4 is 17.8 Å². The number of nitrogens with two attached hydrogens (primary N) is 1. The van der Waals surface area contributed by atoms with Crippen LogP contribution in [0.15, 0.2) is 30.9 Å². The van der Waals surface area contributed by atoms with Crippen LogP contribution in [0.5, 0.6) is 5.75 Å². The molecule has 0 aromatic heterocycles. The molecule has 6 heteroatoms. The molecule has 0 unspecified atom stereocenters. The van der Waals surface area contributed by atoms with Gasteiger partial charge >= 0.3 is 12.1 Å². The van der Waals surface area contributed by atoms with Gasteiger partial charge in [0.1, 0.15) is 12.2 Å². The van der Waals surface area contributed by atoms with Crippen LogP contribution in [0.25, 0.3) is 0 Å². The molecule has 0 amide bonds. The van der Waals surface area contributed by atoms with Crippen LogP contribution in [0, 0.1) is 0 Å². The van der Waals surface area contributed by atoms with E-state index in [1.54, 1.807) is 0 Å². The summed E-state index contributed by atoms with van der Waals surface area (Å²) in [6.07, 6.45) is 0.438. The number of hydrogen-bond acceptors (Lipinski definition) is 6. The molecular formula is C12H13NO5. The minimum absolute atomic E-state index is 0.00864. The van der Waals surface area contributed by atoms with Gasteiger partial charge in [0.05, 0.1) is 7.11 Å². The zero-order chi connectivity index (χ0) is 13.5. The van der Waals surface area contributed by atoms with Crippen molar-refractivity contribution in [1.82, 2.24) is 0 Å². The van der Waals surface area contributed by atoms with E-state index in [0.29, 0.717) is 5.69 Å². The van der Waals surface area contributed by atoms with Crippen LogP contribution >= 0.6 is 0 Å². The van der Waals surface area contributed by atoms with Crippen molar-refractivity contribution < 1.29 is 23.8 Å². The summed E-state index contributed by atoms with van der Waals surface area (Å²) in [6.45, 7) is 3.39. The van der Waals surface area contributed by atoms with E-state index in [0.717, 1.165) is 0 Å². The SMILES string of the molecule is C=CCOC(=O)Oc1cc(N)ccc1C(=O)OC. The molecular weight excluding hydrogens is 238 g/mol. The molecule has 0 aliphatic carbocycles. The Labute approximate surface area is 104 Å². The van der Waals surface area contributed by atoms with Gasteiger partial charge < -0.3 is 19.9 Å². The van der Waals surface area contributed by atoms with E-state index >= 15 is 0 Å². The largest absolute Gasteiger partial charge is 0.514 e. The Kier molecular flexibility index (Phi) is 4.74. The van der Waals surface area contributed by atoms with E-state index in [4.69, 9.17) is 10.5 Å². The molecule has 0 fully saturated rings. The van der Waals surface area contributed by atoms with Crippen molar-refractivity contribution in [2.75, 3.05) is 19.5 Å². The Morgan fingerprint density at radius 2 is 2.17 bits per heavy atom. The molecule has 0 saturated carbocycles. The van der Waals surface area contributed by atoms with E-state index in [1.165, 1.54) is 31.4 Å². The summed E-state index contributed by atoms with van der Waals surface area (Å²) in [4.78, 5) is 22.7. The number of nitrogen functional groups attached to an aromatic ring is 1. The molecule has 0 saturated heterocycles. The molecule has 96 valence electrons. The lowest BCUT2D eigenvalue weighted by Gasteiger charge is -2.09. The van der Waals surface area contributed by atoms with E-state index in [-0.39, 0.29) is 17.9 Å². The van der Waals surface area contributed by atoms with E-state index in [2.05, 4.69) is 16.1 Å². The van der Waals surface area contributed by atoms with Crippen molar-refractivity contribution in [3.8, 4) is 5.75 Å². The highest BCUT2D eigenvalue weighted by Gasteiger charge is 2.16. The first-order valence-electron chi connectivity index (χ1n) is 5.01. The predicted octanol–water partition coefficient (Wildman–Crippen LogP) is 1.76. The average Bonchev–Trinajstić information content (AvgIpc) is 2.35. The second-order valence-corrected chi connectivity index (χ2v) is 3.20. The molecule has 1 rings (SSSR count). The summed E-state index contributed by atoms with van der Waals surface area (Å²) in [6, 6.07) is 4.23. The highest BCUT2D eigenvalue weighted by atomic mass is 16.7. The van der Waals surface area contributed by atoms with Crippen LogP contribution in [-0.4, -0.2) is 25.8 Å². The summed E-state index contributed by atoms with van der Waals surface area (Å²) in [7, 11) is 1.22. The number of methoxy groups -OCH3 is 1. The van der Waals surface area contributed by atoms with Crippen molar-refractivity contribution in [2.45, 2.75) is 0 Å². The number of carbonyl (C=O) groups is 2. The molecule has 0 aliphatic rings. The summed E-state index contributed by atoms with van der Waals surface area (Å²) in [5, 5.41) is 0.